The van der Waals surface area contributed by atoms with Gasteiger partial charge in [-0.25, -0.2) is 4.68 Å². The van der Waals surface area contributed by atoms with Crippen LogP contribution in [0, 0.1) is 6.92 Å². The minimum atomic E-state index is -0.446. The number of rotatable bonds is 4. The molecule has 26 heavy (non-hydrogen) atoms. The zero-order valence-corrected chi connectivity index (χ0v) is 13.8. The summed E-state index contributed by atoms with van der Waals surface area (Å²) in [5.41, 5.74) is 1.53. The van der Waals surface area contributed by atoms with Gasteiger partial charge in [-0.2, -0.15) is 5.10 Å². The third-order valence-corrected chi connectivity index (χ3v) is 3.72. The summed E-state index contributed by atoms with van der Waals surface area (Å²) in [6.07, 6.45) is 0. The highest BCUT2D eigenvalue weighted by atomic mass is 16.7. The van der Waals surface area contributed by atoms with Gasteiger partial charge in [-0.15, -0.1) is 0 Å². The van der Waals surface area contributed by atoms with Gasteiger partial charge in [0.25, 0.3) is 5.56 Å². The number of hydrogen-bond donors (Lipinski definition) is 1. The number of benzene rings is 1. The summed E-state index contributed by atoms with van der Waals surface area (Å²) < 4.78 is 16.6. The number of carbonyl (C=O) groups excluding carboxylic acids is 1. The molecule has 1 aromatic carbocycles. The molecule has 1 amide bonds. The van der Waals surface area contributed by atoms with Crippen molar-refractivity contribution in [2.24, 2.45) is 0 Å². The Morgan fingerprint density at radius 1 is 1.19 bits per heavy atom. The predicted octanol–water partition coefficient (Wildman–Crippen LogP) is 1.57. The number of aromatic nitrogens is 3. The second-order valence-corrected chi connectivity index (χ2v) is 5.66. The summed E-state index contributed by atoms with van der Waals surface area (Å²) in [5.74, 6) is 1.04. The molecule has 0 saturated heterocycles. The molecule has 0 radical (unpaired) electrons. The fourth-order valence-electron chi connectivity index (χ4n) is 2.51. The highest BCUT2D eigenvalue weighted by Gasteiger charge is 2.15. The average Bonchev–Trinajstić information content (AvgIpc) is 3.24. The summed E-state index contributed by atoms with van der Waals surface area (Å²) >= 11 is 0. The second-order valence-electron chi connectivity index (χ2n) is 5.66. The van der Waals surface area contributed by atoms with Crippen LogP contribution in [0.4, 0.5) is 5.88 Å². The molecule has 0 aliphatic carbocycles. The number of hydrogen-bond acceptors (Lipinski definition) is 7. The van der Waals surface area contributed by atoms with Gasteiger partial charge < -0.3 is 14.0 Å². The van der Waals surface area contributed by atoms with Crippen molar-refractivity contribution in [1.29, 1.82) is 0 Å². The maximum atomic E-state index is 12.1. The van der Waals surface area contributed by atoms with Crippen molar-refractivity contribution in [3.8, 4) is 22.8 Å². The molecule has 132 valence electrons. The minimum absolute atomic E-state index is 0.174. The lowest BCUT2D eigenvalue weighted by atomic mass is 10.1. The van der Waals surface area contributed by atoms with Gasteiger partial charge in [0.05, 0.1) is 11.4 Å². The number of aryl methyl sites for hydroxylation is 1. The first-order valence-electron chi connectivity index (χ1n) is 7.80. The Hall–Kier alpha value is -3.62. The quantitative estimate of drug-likeness (QED) is 0.757. The van der Waals surface area contributed by atoms with Gasteiger partial charge in [-0.3, -0.25) is 14.9 Å². The number of nitrogens with zero attached hydrogens (tertiary/aromatic N) is 3. The Bertz CT molecular complexity index is 1040. The third-order valence-electron chi connectivity index (χ3n) is 3.72. The molecule has 3 aromatic rings. The van der Waals surface area contributed by atoms with Crippen LogP contribution < -0.4 is 20.3 Å². The molecule has 0 unspecified atom stereocenters. The molecular weight excluding hydrogens is 340 g/mol. The Morgan fingerprint density at radius 3 is 2.85 bits per heavy atom. The van der Waals surface area contributed by atoms with Crippen molar-refractivity contribution in [3.05, 3.63) is 52.4 Å². The van der Waals surface area contributed by atoms with Crippen LogP contribution in [0.1, 0.15) is 5.69 Å². The van der Waals surface area contributed by atoms with E-state index in [9.17, 15) is 9.59 Å². The monoisotopic (exact) mass is 354 g/mol. The molecule has 3 heterocycles. The van der Waals surface area contributed by atoms with Crippen LogP contribution in [-0.4, -0.2) is 27.6 Å². The van der Waals surface area contributed by atoms with E-state index in [1.807, 2.05) is 6.07 Å². The molecule has 0 saturated carbocycles. The second kappa shape index (κ2) is 6.36. The molecule has 0 bridgehead atoms. The van der Waals surface area contributed by atoms with Crippen molar-refractivity contribution in [1.82, 2.24) is 14.9 Å². The molecule has 4 rings (SSSR count). The number of amides is 1. The van der Waals surface area contributed by atoms with Gasteiger partial charge in [0, 0.05) is 17.7 Å². The number of ether oxygens (including phenoxy) is 2. The lowest BCUT2D eigenvalue weighted by Crippen LogP contribution is -2.29. The van der Waals surface area contributed by atoms with Crippen LogP contribution >= 0.6 is 0 Å². The normalized spacial score (nSPS) is 12.2. The Balaban J connectivity index is 1.56. The van der Waals surface area contributed by atoms with Gasteiger partial charge >= 0.3 is 0 Å². The zero-order valence-electron chi connectivity index (χ0n) is 13.8. The van der Waals surface area contributed by atoms with Crippen LogP contribution in [0.5, 0.6) is 11.5 Å². The lowest BCUT2D eigenvalue weighted by Gasteiger charge is -2.07. The fraction of sp³-hybridized carbons (Fsp3) is 0.176. The Kier molecular flexibility index (Phi) is 3.88. The number of anilines is 1. The standard InChI is InChI=1S/C17H14N4O5/c1-10-6-16(26-20-10)18-15(22)8-21-17(23)5-3-12(19-21)11-2-4-13-14(7-11)25-9-24-13/h2-7H,8-9H2,1H3,(H,18,22). The Morgan fingerprint density at radius 2 is 2.04 bits per heavy atom. The summed E-state index contributed by atoms with van der Waals surface area (Å²) in [6.45, 7) is 1.66. The molecule has 1 aliphatic heterocycles. The van der Waals surface area contributed by atoms with E-state index < -0.39 is 11.5 Å². The van der Waals surface area contributed by atoms with Crippen LogP contribution in [0.3, 0.4) is 0 Å². The summed E-state index contributed by atoms with van der Waals surface area (Å²) in [4.78, 5) is 24.1. The SMILES string of the molecule is Cc1cc(NC(=O)Cn2nc(-c3ccc4c(c3)OCO4)ccc2=O)on1. The molecular formula is C17H14N4O5. The summed E-state index contributed by atoms with van der Waals surface area (Å²) in [5, 5.41) is 10.5. The van der Waals surface area contributed by atoms with E-state index in [1.165, 1.54) is 6.07 Å². The molecule has 0 spiro atoms. The first-order valence-corrected chi connectivity index (χ1v) is 7.80. The molecule has 9 heteroatoms. The van der Waals surface area contributed by atoms with E-state index in [0.717, 1.165) is 10.2 Å². The summed E-state index contributed by atoms with van der Waals surface area (Å²) in [7, 11) is 0. The van der Waals surface area contributed by atoms with Gasteiger partial charge in [0.15, 0.2) is 11.5 Å². The van der Waals surface area contributed by atoms with Crippen LogP contribution in [0.15, 0.2) is 45.7 Å². The zero-order chi connectivity index (χ0) is 18.1. The van der Waals surface area contributed by atoms with Crippen LogP contribution in [0.2, 0.25) is 0 Å². The van der Waals surface area contributed by atoms with E-state index >= 15 is 0 Å². The smallest absolute Gasteiger partial charge is 0.267 e. The average molecular weight is 354 g/mol. The van der Waals surface area contributed by atoms with Crippen molar-refractivity contribution in [2.45, 2.75) is 13.5 Å². The van der Waals surface area contributed by atoms with Crippen molar-refractivity contribution in [3.63, 3.8) is 0 Å². The maximum Gasteiger partial charge on any atom is 0.267 e. The third kappa shape index (κ3) is 3.14. The molecule has 0 atom stereocenters. The van der Waals surface area contributed by atoms with Crippen molar-refractivity contribution < 1.29 is 18.8 Å². The largest absolute Gasteiger partial charge is 0.454 e. The maximum absolute atomic E-state index is 12.1. The van der Waals surface area contributed by atoms with Gasteiger partial charge in [-0.05, 0) is 31.2 Å². The van der Waals surface area contributed by atoms with E-state index in [-0.39, 0.29) is 19.2 Å². The summed E-state index contributed by atoms with van der Waals surface area (Å²) in [6, 6.07) is 9.89. The first kappa shape index (κ1) is 15.9. The van der Waals surface area contributed by atoms with Crippen molar-refractivity contribution >= 4 is 11.8 Å². The first-order chi connectivity index (χ1) is 12.6. The lowest BCUT2D eigenvalue weighted by molar-refractivity contribution is -0.117. The minimum Gasteiger partial charge on any atom is -0.454 e. The predicted molar refractivity (Wildman–Crippen MR) is 89.9 cm³/mol. The van der Waals surface area contributed by atoms with E-state index in [0.29, 0.717) is 22.9 Å². The molecule has 0 fully saturated rings. The van der Waals surface area contributed by atoms with Gasteiger partial charge in [0.2, 0.25) is 18.6 Å². The van der Waals surface area contributed by atoms with Crippen LogP contribution in [0.25, 0.3) is 11.3 Å². The van der Waals surface area contributed by atoms with E-state index in [2.05, 4.69) is 15.6 Å². The van der Waals surface area contributed by atoms with E-state index in [4.69, 9.17) is 14.0 Å². The highest BCUT2D eigenvalue weighted by molar-refractivity contribution is 5.89. The fourth-order valence-corrected chi connectivity index (χ4v) is 2.51. The number of carbonyl (C=O) groups is 1. The highest BCUT2D eigenvalue weighted by Crippen LogP contribution is 2.35. The number of nitrogens with one attached hydrogen (secondary N) is 1. The molecule has 9 nitrogen and oxygen atoms in total. The number of fused-ring (bicyclic) bond motifs is 1. The topological polar surface area (TPSA) is 108 Å². The van der Waals surface area contributed by atoms with Crippen LogP contribution in [-0.2, 0) is 11.3 Å². The van der Waals surface area contributed by atoms with Gasteiger partial charge in [0.1, 0.15) is 6.54 Å². The van der Waals surface area contributed by atoms with Gasteiger partial charge in [-0.1, -0.05) is 5.16 Å². The molecule has 1 aliphatic rings. The van der Waals surface area contributed by atoms with E-state index in [1.54, 1.807) is 31.2 Å². The Labute approximate surface area is 147 Å². The molecule has 1 N–H and O–H groups in total. The van der Waals surface area contributed by atoms with Crippen molar-refractivity contribution in [2.75, 3.05) is 12.1 Å². The molecule has 2 aromatic heterocycles.